The molecule has 0 radical (unpaired) electrons. The van der Waals surface area contributed by atoms with Gasteiger partial charge in [-0.15, -0.1) is 35.0 Å². The van der Waals surface area contributed by atoms with Crippen molar-refractivity contribution >= 4 is 29.2 Å². The van der Waals surface area contributed by atoms with Gasteiger partial charge in [0.15, 0.2) is 11.5 Å². The van der Waals surface area contributed by atoms with E-state index in [1.807, 2.05) is 0 Å². The molecule has 2 amide bonds. The van der Waals surface area contributed by atoms with Crippen molar-refractivity contribution in [3.05, 3.63) is 47.9 Å². The smallest absolute Gasteiger partial charge is 0.406 e. The molecule has 0 spiro atoms. The van der Waals surface area contributed by atoms with E-state index in [0.717, 1.165) is 6.42 Å². The standard InChI is InChI=1S/C19H20ClF3N8O3/c20-9-17(32)25-16-12-31(29-27-16)7-2-1-6-30-11-15(26-28-30)18(33)24-10-13-4-3-5-14(8-13)34-19(21,22)23/h3-5,8,11-12H,1-2,6-7,9-10H2,(H,24,33)(H,25,32). The number of anilines is 1. The summed E-state index contributed by atoms with van der Waals surface area (Å²) < 4.78 is 43.9. The highest BCUT2D eigenvalue weighted by Crippen LogP contribution is 2.23. The number of halogens is 4. The number of hydrogen-bond acceptors (Lipinski definition) is 7. The van der Waals surface area contributed by atoms with Gasteiger partial charge < -0.3 is 15.4 Å². The first-order valence-corrected chi connectivity index (χ1v) is 10.5. The second-order valence-corrected chi connectivity index (χ2v) is 7.27. The summed E-state index contributed by atoms with van der Waals surface area (Å²) in [6.45, 7) is 1.05. The zero-order chi connectivity index (χ0) is 24.6. The van der Waals surface area contributed by atoms with Gasteiger partial charge in [0.1, 0.15) is 11.6 Å². The lowest BCUT2D eigenvalue weighted by molar-refractivity contribution is -0.274. The van der Waals surface area contributed by atoms with E-state index in [2.05, 4.69) is 36.0 Å². The summed E-state index contributed by atoms with van der Waals surface area (Å²) in [5.74, 6) is -1.11. The van der Waals surface area contributed by atoms with Crippen LogP contribution in [0.4, 0.5) is 19.0 Å². The molecule has 0 atom stereocenters. The number of amides is 2. The minimum absolute atomic E-state index is 0.00795. The number of carbonyl (C=O) groups is 2. The van der Waals surface area contributed by atoms with Gasteiger partial charge in [-0.05, 0) is 30.5 Å². The van der Waals surface area contributed by atoms with Gasteiger partial charge in [-0.2, -0.15) is 0 Å². The third-order valence-electron chi connectivity index (χ3n) is 4.31. The van der Waals surface area contributed by atoms with Crippen molar-refractivity contribution < 1.29 is 27.5 Å². The number of ether oxygens (including phenoxy) is 1. The lowest BCUT2D eigenvalue weighted by Crippen LogP contribution is -2.23. The van der Waals surface area contributed by atoms with Gasteiger partial charge in [0, 0.05) is 19.6 Å². The summed E-state index contributed by atoms with van der Waals surface area (Å²) in [4.78, 5) is 23.5. The molecule has 3 rings (SSSR count). The van der Waals surface area contributed by atoms with E-state index in [9.17, 15) is 22.8 Å². The van der Waals surface area contributed by atoms with E-state index in [-0.39, 0.29) is 29.8 Å². The number of rotatable bonds is 11. The third-order valence-corrected chi connectivity index (χ3v) is 4.55. The number of nitrogens with one attached hydrogen (secondary N) is 2. The molecule has 0 aliphatic heterocycles. The van der Waals surface area contributed by atoms with Crippen molar-refractivity contribution in [3.63, 3.8) is 0 Å². The van der Waals surface area contributed by atoms with E-state index in [4.69, 9.17) is 11.6 Å². The highest BCUT2D eigenvalue weighted by Gasteiger charge is 2.31. The average molecular weight is 501 g/mol. The molecule has 0 bridgehead atoms. The average Bonchev–Trinajstić information content (AvgIpc) is 3.44. The van der Waals surface area contributed by atoms with Crippen LogP contribution >= 0.6 is 11.6 Å². The highest BCUT2D eigenvalue weighted by molar-refractivity contribution is 6.28. The summed E-state index contributed by atoms with van der Waals surface area (Å²) in [6.07, 6.45) is -0.287. The van der Waals surface area contributed by atoms with Gasteiger partial charge in [0.2, 0.25) is 5.91 Å². The first-order chi connectivity index (χ1) is 16.2. The maximum Gasteiger partial charge on any atom is 0.573 e. The van der Waals surface area contributed by atoms with Gasteiger partial charge in [0.25, 0.3) is 5.91 Å². The maximum atomic E-state index is 12.3. The zero-order valence-corrected chi connectivity index (χ0v) is 18.4. The number of aryl methyl sites for hydroxylation is 2. The minimum Gasteiger partial charge on any atom is -0.406 e. The summed E-state index contributed by atoms with van der Waals surface area (Å²) in [7, 11) is 0. The van der Waals surface area contributed by atoms with Crippen LogP contribution < -0.4 is 15.4 Å². The fourth-order valence-corrected chi connectivity index (χ4v) is 2.89. The molecule has 182 valence electrons. The lowest BCUT2D eigenvalue weighted by Gasteiger charge is -2.10. The van der Waals surface area contributed by atoms with Gasteiger partial charge in [0.05, 0.1) is 12.4 Å². The zero-order valence-electron chi connectivity index (χ0n) is 17.6. The Hall–Kier alpha value is -3.68. The molecular formula is C19H20ClF3N8O3. The Balaban J connectivity index is 1.40. The Kier molecular flexibility index (Phi) is 8.40. The van der Waals surface area contributed by atoms with Gasteiger partial charge in [-0.3, -0.25) is 19.0 Å². The van der Waals surface area contributed by atoms with Gasteiger partial charge >= 0.3 is 6.36 Å². The molecule has 0 aliphatic carbocycles. The topological polar surface area (TPSA) is 129 Å². The normalized spacial score (nSPS) is 11.3. The summed E-state index contributed by atoms with van der Waals surface area (Å²) in [5, 5.41) is 20.5. The molecule has 0 fully saturated rings. The molecule has 2 heterocycles. The van der Waals surface area contributed by atoms with E-state index < -0.39 is 12.3 Å². The second kappa shape index (κ2) is 11.4. The van der Waals surface area contributed by atoms with Crippen molar-refractivity contribution in [1.82, 2.24) is 35.3 Å². The number of carbonyl (C=O) groups excluding carboxylic acids is 2. The molecule has 0 unspecified atom stereocenters. The van der Waals surface area contributed by atoms with Crippen molar-refractivity contribution in [2.45, 2.75) is 38.8 Å². The highest BCUT2D eigenvalue weighted by atomic mass is 35.5. The second-order valence-electron chi connectivity index (χ2n) is 7.00. The van der Waals surface area contributed by atoms with E-state index >= 15 is 0 Å². The van der Waals surface area contributed by atoms with Crippen LogP contribution in [-0.4, -0.2) is 54.0 Å². The Bertz CT molecular complexity index is 1120. The third kappa shape index (κ3) is 8.03. The molecule has 1 aromatic carbocycles. The van der Waals surface area contributed by atoms with Crippen LogP contribution in [0.5, 0.6) is 5.75 Å². The Morgan fingerprint density at radius 1 is 1.06 bits per heavy atom. The van der Waals surface area contributed by atoms with Crippen molar-refractivity contribution in [2.24, 2.45) is 0 Å². The molecule has 15 heteroatoms. The first-order valence-electron chi connectivity index (χ1n) is 10.0. The summed E-state index contributed by atoms with van der Waals surface area (Å²) in [5.41, 5.74) is 0.514. The number of hydrogen-bond donors (Lipinski definition) is 2. The Labute approximate surface area is 196 Å². The summed E-state index contributed by atoms with van der Waals surface area (Å²) >= 11 is 5.42. The maximum absolute atomic E-state index is 12.3. The molecular weight excluding hydrogens is 481 g/mol. The molecule has 11 nitrogen and oxygen atoms in total. The number of aromatic nitrogens is 6. The molecule has 2 N–H and O–H groups in total. The first kappa shape index (κ1) is 25.0. The summed E-state index contributed by atoms with van der Waals surface area (Å²) in [6, 6.07) is 5.32. The van der Waals surface area contributed by atoms with Crippen LogP contribution in [0.1, 0.15) is 28.9 Å². The van der Waals surface area contributed by atoms with Crippen LogP contribution in [0.25, 0.3) is 0 Å². The monoisotopic (exact) mass is 500 g/mol. The quantitative estimate of drug-likeness (QED) is 0.305. The fraction of sp³-hybridized carbons (Fsp3) is 0.368. The SMILES string of the molecule is O=C(CCl)Nc1cn(CCCCn2cc(C(=O)NCc3cccc(OC(F)(F)F)c3)nn2)nn1. The molecule has 0 aliphatic rings. The molecule has 0 saturated heterocycles. The predicted molar refractivity (Wildman–Crippen MR) is 113 cm³/mol. The minimum atomic E-state index is -4.79. The van der Waals surface area contributed by atoms with Crippen LogP contribution in [0.15, 0.2) is 36.7 Å². The van der Waals surface area contributed by atoms with Crippen LogP contribution in [0.3, 0.4) is 0 Å². The van der Waals surface area contributed by atoms with E-state index in [1.54, 1.807) is 16.9 Å². The Morgan fingerprint density at radius 3 is 2.47 bits per heavy atom. The molecule has 0 saturated carbocycles. The van der Waals surface area contributed by atoms with Gasteiger partial charge in [-0.25, -0.2) is 0 Å². The van der Waals surface area contributed by atoms with Crippen molar-refractivity contribution in [3.8, 4) is 5.75 Å². The van der Waals surface area contributed by atoms with Crippen molar-refractivity contribution in [1.29, 1.82) is 0 Å². The Morgan fingerprint density at radius 2 is 1.76 bits per heavy atom. The van der Waals surface area contributed by atoms with E-state index in [1.165, 1.54) is 29.1 Å². The van der Waals surface area contributed by atoms with Crippen LogP contribution in [-0.2, 0) is 24.4 Å². The lowest BCUT2D eigenvalue weighted by atomic mass is 10.2. The fourth-order valence-electron chi connectivity index (χ4n) is 2.83. The number of alkyl halides is 4. The number of nitrogens with zero attached hydrogens (tertiary/aromatic N) is 6. The molecule has 2 aromatic heterocycles. The van der Waals surface area contributed by atoms with Gasteiger partial charge in [-0.1, -0.05) is 22.6 Å². The predicted octanol–water partition coefficient (Wildman–Crippen LogP) is 2.36. The van der Waals surface area contributed by atoms with Crippen LogP contribution in [0, 0.1) is 0 Å². The van der Waals surface area contributed by atoms with Crippen LogP contribution in [0.2, 0.25) is 0 Å². The molecule has 3 aromatic rings. The molecule has 34 heavy (non-hydrogen) atoms. The number of benzene rings is 1. The largest absolute Gasteiger partial charge is 0.573 e. The van der Waals surface area contributed by atoms with E-state index in [0.29, 0.717) is 30.9 Å². The number of unbranched alkanes of at least 4 members (excludes halogenated alkanes) is 1. The van der Waals surface area contributed by atoms with Crippen molar-refractivity contribution in [2.75, 3.05) is 11.2 Å².